The minimum Gasteiger partial charge on any atom is -0.208 e. The number of hydrogen-bond acceptors (Lipinski definition) is 3. The van der Waals surface area contributed by atoms with Crippen LogP contribution in [0.25, 0.3) is 99.5 Å². The van der Waals surface area contributed by atoms with Gasteiger partial charge in [-0.15, -0.1) is 0 Å². The van der Waals surface area contributed by atoms with Crippen LogP contribution < -0.4 is 0 Å². The van der Waals surface area contributed by atoms with Gasteiger partial charge < -0.3 is 0 Å². The van der Waals surface area contributed by atoms with E-state index in [0.29, 0.717) is 28.6 Å². The van der Waals surface area contributed by atoms with Crippen molar-refractivity contribution in [3.8, 4) is 56.4 Å². The molecule has 0 radical (unpaired) electrons. The minimum atomic E-state index is -0.673. The number of aromatic nitrogens is 3. The van der Waals surface area contributed by atoms with Crippen molar-refractivity contribution in [2.45, 2.75) is 0 Å². The van der Waals surface area contributed by atoms with Gasteiger partial charge in [0, 0.05) is 16.7 Å². The lowest BCUT2D eigenvalue weighted by atomic mass is 9.95. The first-order valence-corrected chi connectivity index (χ1v) is 16.7. The predicted octanol–water partition coefficient (Wildman–Crippen LogP) is 12.8. The van der Waals surface area contributed by atoms with Gasteiger partial charge >= 0.3 is 0 Å². The van der Waals surface area contributed by atoms with Gasteiger partial charge in [-0.3, -0.25) is 0 Å². The molecule has 0 atom stereocenters. The molecule has 0 saturated heterocycles. The first kappa shape index (κ1) is 20.6. The van der Waals surface area contributed by atoms with Crippen molar-refractivity contribution in [3.05, 3.63) is 188 Å². The molecule has 0 fully saturated rings. The molecule has 1 heterocycles. The van der Waals surface area contributed by atoms with E-state index >= 15 is 0 Å². The first-order valence-electron chi connectivity index (χ1n) is 22.2. The van der Waals surface area contributed by atoms with Crippen molar-refractivity contribution in [2.75, 3.05) is 0 Å². The Balaban J connectivity index is 1.18. The molecule has 0 spiro atoms. The molecule has 10 rings (SSSR count). The monoisotopic (exact) mass is 672 g/mol. The maximum Gasteiger partial charge on any atom is 0.164 e. The Kier molecular flexibility index (Phi) is 4.93. The van der Waals surface area contributed by atoms with E-state index in [1.807, 2.05) is 78.9 Å². The van der Waals surface area contributed by atoms with Gasteiger partial charge in [-0.25, -0.2) is 15.0 Å². The Morgan fingerprint density at radius 2 is 0.942 bits per heavy atom. The van der Waals surface area contributed by atoms with E-state index in [4.69, 9.17) is 24.5 Å². The maximum atomic E-state index is 9.26. The fourth-order valence-electron chi connectivity index (χ4n) is 6.72. The molecule has 242 valence electrons. The van der Waals surface area contributed by atoms with Crippen LogP contribution in [0.4, 0.5) is 0 Å². The molecule has 0 amide bonds. The van der Waals surface area contributed by atoms with Gasteiger partial charge in [0.15, 0.2) is 17.5 Å². The largest absolute Gasteiger partial charge is 0.208 e. The quantitative estimate of drug-likeness (QED) is 0.171. The first-order chi connectivity index (χ1) is 30.3. The molecule has 9 aromatic carbocycles. The lowest BCUT2D eigenvalue weighted by molar-refractivity contribution is 1.08. The smallest absolute Gasteiger partial charge is 0.164 e. The summed E-state index contributed by atoms with van der Waals surface area (Å²) in [5.74, 6) is 1.14. The average molecular weight is 673 g/mol. The molecule has 0 N–H and O–H groups in total. The molecule has 0 aliphatic rings. The van der Waals surface area contributed by atoms with Crippen LogP contribution >= 0.6 is 0 Å². The molecule has 0 aliphatic carbocycles. The zero-order chi connectivity index (χ0) is 44.0. The molecule has 3 nitrogen and oxygen atoms in total. The zero-order valence-electron chi connectivity index (χ0n) is 38.4. The molecule has 1 aromatic heterocycles. The van der Waals surface area contributed by atoms with Crippen LogP contribution in [0.3, 0.4) is 0 Å². The van der Waals surface area contributed by atoms with Gasteiger partial charge in [0.25, 0.3) is 0 Å². The standard InChI is InChI=1S/C49H31N3/c1-2-13-36-30-40(28-25-32(36)11-1)48-50-47(51-49(52-48)46-31-38-14-4-6-19-43(38)44-20-7-8-21-45(44)46)39-17-9-16-37(29-39)33-23-26-35(27-24-33)42-22-10-15-34-12-3-5-18-41(34)42/h1-31H/i3D,5D,10D,12D,15D,18D,22D,23D,24D,26D,27D. The summed E-state index contributed by atoms with van der Waals surface area (Å²) in [5, 5.41) is 5.47. The van der Waals surface area contributed by atoms with Crippen molar-refractivity contribution in [1.29, 1.82) is 0 Å². The molecular formula is C49H31N3. The van der Waals surface area contributed by atoms with E-state index in [1.165, 1.54) is 0 Å². The van der Waals surface area contributed by atoms with Crippen LogP contribution in [0, 0.1) is 0 Å². The summed E-state index contributed by atoms with van der Waals surface area (Å²) < 4.78 is 96.5. The van der Waals surface area contributed by atoms with Crippen LogP contribution in [0.2, 0.25) is 0 Å². The summed E-state index contributed by atoms with van der Waals surface area (Å²) in [6.45, 7) is 0. The van der Waals surface area contributed by atoms with Crippen molar-refractivity contribution in [2.24, 2.45) is 0 Å². The molecule has 10 aromatic rings. The molecule has 0 unspecified atom stereocenters. The average Bonchev–Trinajstić information content (AvgIpc) is 3.31. The highest BCUT2D eigenvalue weighted by atomic mass is 15.0. The molecule has 3 heteroatoms. The number of fused-ring (bicyclic) bond motifs is 5. The second-order valence-electron chi connectivity index (χ2n) is 12.4. The Bertz CT molecular complexity index is 3570. The highest BCUT2D eigenvalue weighted by molar-refractivity contribution is 6.13. The van der Waals surface area contributed by atoms with Gasteiger partial charge in [-0.1, -0.05) is 170 Å². The summed E-state index contributed by atoms with van der Waals surface area (Å²) in [6, 6.07) is 32.5. The summed E-state index contributed by atoms with van der Waals surface area (Å²) in [4.78, 5) is 15.1. The lowest BCUT2D eigenvalue weighted by Gasteiger charge is -2.13. The molecule has 52 heavy (non-hydrogen) atoms. The topological polar surface area (TPSA) is 38.7 Å². The van der Waals surface area contributed by atoms with Gasteiger partial charge in [-0.05, 0) is 83.5 Å². The van der Waals surface area contributed by atoms with E-state index in [1.54, 1.807) is 24.3 Å². The van der Waals surface area contributed by atoms with Crippen molar-refractivity contribution >= 4 is 43.1 Å². The van der Waals surface area contributed by atoms with Crippen molar-refractivity contribution in [3.63, 3.8) is 0 Å². The fraction of sp³-hybridized carbons (Fsp3) is 0. The Morgan fingerprint density at radius 3 is 1.79 bits per heavy atom. The Labute approximate surface area is 317 Å². The third-order valence-corrected chi connectivity index (χ3v) is 9.25. The number of nitrogens with zero attached hydrogens (tertiary/aromatic N) is 3. The van der Waals surface area contributed by atoms with E-state index in [-0.39, 0.29) is 21.9 Å². The lowest BCUT2D eigenvalue weighted by Crippen LogP contribution is -2.01. The highest BCUT2D eigenvalue weighted by Crippen LogP contribution is 2.36. The van der Waals surface area contributed by atoms with E-state index < -0.39 is 72.0 Å². The van der Waals surface area contributed by atoms with Gasteiger partial charge in [0.1, 0.15) is 0 Å². The molecular weight excluding hydrogens is 631 g/mol. The van der Waals surface area contributed by atoms with Crippen LogP contribution in [-0.4, -0.2) is 15.0 Å². The molecule has 0 saturated carbocycles. The normalized spacial score (nSPS) is 14.4. The minimum absolute atomic E-state index is 0.0684. The van der Waals surface area contributed by atoms with E-state index in [2.05, 4.69) is 18.2 Å². The third-order valence-electron chi connectivity index (χ3n) is 9.25. The van der Waals surface area contributed by atoms with Crippen LogP contribution in [-0.2, 0) is 0 Å². The molecule has 0 aliphatic heterocycles. The number of benzene rings is 9. The molecule has 0 bridgehead atoms. The summed E-state index contributed by atoms with van der Waals surface area (Å²) >= 11 is 0. The fourth-order valence-corrected chi connectivity index (χ4v) is 6.72. The van der Waals surface area contributed by atoms with Crippen LogP contribution in [0.1, 0.15) is 15.1 Å². The SMILES string of the molecule is [2H]c1c([2H])c(-c2c([2H])c([2H])c([2H])c3c([2H])c([2H])c([2H])c([2H])c23)c([2H])c([2H])c1-c1cccc(-c2nc(-c3ccc4ccccc4c3)nc(-c3cc4ccccc4c4ccccc34)n2)c1. The van der Waals surface area contributed by atoms with Crippen LogP contribution in [0.15, 0.2) is 188 Å². The summed E-state index contributed by atoms with van der Waals surface area (Å²) in [6.07, 6.45) is 0. The van der Waals surface area contributed by atoms with Gasteiger partial charge in [0.05, 0.1) is 15.1 Å². The van der Waals surface area contributed by atoms with E-state index in [9.17, 15) is 5.48 Å². The van der Waals surface area contributed by atoms with Crippen molar-refractivity contribution < 1.29 is 15.1 Å². The maximum absolute atomic E-state index is 9.26. The second-order valence-corrected chi connectivity index (χ2v) is 12.4. The number of rotatable bonds is 5. The summed E-state index contributed by atoms with van der Waals surface area (Å²) in [7, 11) is 0. The van der Waals surface area contributed by atoms with Gasteiger partial charge in [0.2, 0.25) is 0 Å². The second kappa shape index (κ2) is 12.4. The van der Waals surface area contributed by atoms with E-state index in [0.717, 1.165) is 43.4 Å². The highest BCUT2D eigenvalue weighted by Gasteiger charge is 2.17. The summed E-state index contributed by atoms with van der Waals surface area (Å²) in [5.41, 5.74) is 1.50. The number of hydrogen-bond donors (Lipinski definition) is 0. The van der Waals surface area contributed by atoms with Gasteiger partial charge in [-0.2, -0.15) is 0 Å². The Morgan fingerprint density at radius 1 is 0.308 bits per heavy atom. The van der Waals surface area contributed by atoms with Crippen LogP contribution in [0.5, 0.6) is 0 Å². The third kappa shape index (κ3) is 5.28. The zero-order valence-corrected chi connectivity index (χ0v) is 27.4. The Hall–Kier alpha value is -6.97. The van der Waals surface area contributed by atoms with Crippen molar-refractivity contribution in [1.82, 2.24) is 15.0 Å². The predicted molar refractivity (Wildman–Crippen MR) is 217 cm³/mol.